The summed E-state index contributed by atoms with van der Waals surface area (Å²) in [7, 11) is 1.70. The van der Waals surface area contributed by atoms with Crippen molar-refractivity contribution < 1.29 is 4.74 Å². The Bertz CT molecular complexity index is 590. The van der Waals surface area contributed by atoms with Crippen molar-refractivity contribution in [1.82, 2.24) is 10.3 Å². The Hall–Kier alpha value is -1.39. The minimum absolute atomic E-state index is 0.867. The molecule has 0 saturated heterocycles. The quantitative estimate of drug-likeness (QED) is 0.852. The fraction of sp³-hybridized carbons (Fsp3) is 0.500. The minimum Gasteiger partial charge on any atom is -0.497 e. The highest BCUT2D eigenvalue weighted by Crippen LogP contribution is 2.29. The van der Waals surface area contributed by atoms with Crippen LogP contribution < -0.4 is 10.1 Å². The molecule has 22 heavy (non-hydrogen) atoms. The Morgan fingerprint density at radius 3 is 2.95 bits per heavy atom. The lowest BCUT2D eigenvalue weighted by molar-refractivity contribution is 0.342. The van der Waals surface area contributed by atoms with Crippen LogP contribution in [0.2, 0.25) is 0 Å². The van der Waals surface area contributed by atoms with Crippen molar-refractivity contribution in [1.29, 1.82) is 0 Å². The number of aromatic nitrogens is 1. The van der Waals surface area contributed by atoms with E-state index in [1.54, 1.807) is 18.4 Å². The molecule has 1 N–H and O–H groups in total. The summed E-state index contributed by atoms with van der Waals surface area (Å²) in [4.78, 5) is 5.75. The first-order chi connectivity index (χ1) is 10.8. The Balaban J connectivity index is 1.54. The summed E-state index contributed by atoms with van der Waals surface area (Å²) >= 11 is 1.76. The lowest BCUT2D eigenvalue weighted by Crippen LogP contribution is -2.24. The molecule has 0 unspecified atom stereocenters. The smallest absolute Gasteiger partial charge is 0.119 e. The molecule has 3 rings (SSSR count). The average Bonchev–Trinajstić information content (AvgIpc) is 3.05. The number of ether oxygens (including phenoxy) is 1. The van der Waals surface area contributed by atoms with Crippen LogP contribution in [-0.4, -0.2) is 18.6 Å². The van der Waals surface area contributed by atoms with Crippen LogP contribution in [0.5, 0.6) is 5.75 Å². The molecule has 0 bridgehead atoms. The monoisotopic (exact) mass is 316 g/mol. The molecule has 1 aromatic carbocycles. The fourth-order valence-corrected chi connectivity index (χ4v) is 3.96. The molecule has 1 aliphatic carbocycles. The Labute approximate surface area is 136 Å². The second-order valence-corrected chi connectivity index (χ2v) is 7.10. The first-order valence-corrected chi connectivity index (χ1v) is 8.96. The van der Waals surface area contributed by atoms with E-state index >= 15 is 0 Å². The van der Waals surface area contributed by atoms with Crippen molar-refractivity contribution in [3.05, 3.63) is 35.5 Å². The number of benzene rings is 1. The summed E-state index contributed by atoms with van der Waals surface area (Å²) < 4.78 is 5.29. The first kappa shape index (κ1) is 15.5. The molecule has 0 amide bonds. The van der Waals surface area contributed by atoms with Crippen LogP contribution in [0.3, 0.4) is 0 Å². The van der Waals surface area contributed by atoms with E-state index in [9.17, 15) is 0 Å². The highest BCUT2D eigenvalue weighted by atomic mass is 32.1. The molecule has 3 nitrogen and oxygen atoms in total. The van der Waals surface area contributed by atoms with Crippen molar-refractivity contribution in [2.45, 2.75) is 38.6 Å². The van der Waals surface area contributed by atoms with E-state index in [4.69, 9.17) is 4.74 Å². The maximum absolute atomic E-state index is 5.29. The molecule has 1 aliphatic rings. The molecule has 0 aliphatic heterocycles. The molecule has 0 radical (unpaired) electrons. The maximum atomic E-state index is 5.29. The van der Waals surface area contributed by atoms with Crippen molar-refractivity contribution >= 4 is 11.3 Å². The molecule has 1 saturated carbocycles. The van der Waals surface area contributed by atoms with Crippen LogP contribution >= 0.6 is 11.3 Å². The second kappa shape index (κ2) is 7.75. The lowest BCUT2D eigenvalue weighted by Gasteiger charge is -2.21. The van der Waals surface area contributed by atoms with E-state index in [1.807, 2.05) is 18.3 Å². The van der Waals surface area contributed by atoms with Crippen LogP contribution in [0.15, 0.2) is 30.5 Å². The van der Waals surface area contributed by atoms with Gasteiger partial charge in [-0.3, -0.25) is 0 Å². The Kier molecular flexibility index (Phi) is 5.46. The van der Waals surface area contributed by atoms with E-state index in [1.165, 1.54) is 42.5 Å². The van der Waals surface area contributed by atoms with Crippen molar-refractivity contribution in [3.8, 4) is 16.2 Å². The van der Waals surface area contributed by atoms with Gasteiger partial charge in [-0.25, -0.2) is 4.98 Å². The number of rotatable bonds is 6. The highest BCUT2D eigenvalue weighted by molar-refractivity contribution is 7.15. The van der Waals surface area contributed by atoms with Crippen LogP contribution in [0.25, 0.3) is 10.4 Å². The van der Waals surface area contributed by atoms with Crippen molar-refractivity contribution in [2.75, 3.05) is 13.7 Å². The van der Waals surface area contributed by atoms with E-state index < -0.39 is 0 Å². The van der Waals surface area contributed by atoms with Crippen LogP contribution in [-0.2, 0) is 6.54 Å². The number of hydrogen-bond acceptors (Lipinski definition) is 4. The van der Waals surface area contributed by atoms with Gasteiger partial charge >= 0.3 is 0 Å². The number of thiazole rings is 1. The van der Waals surface area contributed by atoms with Gasteiger partial charge in [0, 0.05) is 12.7 Å². The third-order valence-electron chi connectivity index (χ3n) is 4.34. The molecule has 0 atom stereocenters. The fourth-order valence-electron chi connectivity index (χ4n) is 3.08. The molecular weight excluding hydrogens is 292 g/mol. The second-order valence-electron chi connectivity index (χ2n) is 5.99. The topological polar surface area (TPSA) is 34.1 Å². The van der Waals surface area contributed by atoms with Gasteiger partial charge in [0.15, 0.2) is 0 Å². The number of methoxy groups -OCH3 is 1. The predicted octanol–water partition coefficient (Wildman–Crippen LogP) is 4.49. The number of nitrogens with zero attached hydrogens (tertiary/aromatic N) is 1. The summed E-state index contributed by atoms with van der Waals surface area (Å²) in [5.41, 5.74) is 1.18. The van der Waals surface area contributed by atoms with Crippen molar-refractivity contribution in [2.24, 2.45) is 5.92 Å². The Morgan fingerprint density at radius 2 is 2.14 bits per heavy atom. The van der Waals surface area contributed by atoms with Crippen LogP contribution in [0, 0.1) is 5.92 Å². The van der Waals surface area contributed by atoms with Gasteiger partial charge in [-0.2, -0.15) is 0 Å². The average molecular weight is 316 g/mol. The van der Waals surface area contributed by atoms with Gasteiger partial charge in [0.25, 0.3) is 0 Å². The highest BCUT2D eigenvalue weighted by Gasteiger charge is 2.13. The standard InChI is InChI=1S/C18H24N2OS/c1-21-16-9-5-8-15(10-16)17-12-20-18(22-17)13-19-11-14-6-3-2-4-7-14/h5,8-10,12,14,19H,2-4,6-7,11,13H2,1H3. The zero-order valence-electron chi connectivity index (χ0n) is 13.2. The molecule has 1 heterocycles. The van der Waals surface area contributed by atoms with E-state index in [0.717, 1.165) is 29.8 Å². The number of hydrogen-bond donors (Lipinski definition) is 1. The van der Waals surface area contributed by atoms with E-state index in [-0.39, 0.29) is 0 Å². The molecular formula is C18H24N2OS. The lowest BCUT2D eigenvalue weighted by atomic mass is 9.89. The zero-order valence-corrected chi connectivity index (χ0v) is 14.0. The van der Waals surface area contributed by atoms with Crippen LogP contribution in [0.4, 0.5) is 0 Å². The van der Waals surface area contributed by atoms with Gasteiger partial charge in [-0.15, -0.1) is 11.3 Å². The Morgan fingerprint density at radius 1 is 1.27 bits per heavy atom. The van der Waals surface area contributed by atoms with Gasteiger partial charge in [-0.05, 0) is 43.0 Å². The first-order valence-electron chi connectivity index (χ1n) is 8.15. The summed E-state index contributed by atoms with van der Waals surface area (Å²) in [6.45, 7) is 2.01. The van der Waals surface area contributed by atoms with E-state index in [2.05, 4.69) is 22.4 Å². The van der Waals surface area contributed by atoms with Gasteiger partial charge in [0.2, 0.25) is 0 Å². The zero-order chi connectivity index (χ0) is 15.2. The molecule has 0 spiro atoms. The maximum Gasteiger partial charge on any atom is 0.119 e. The van der Waals surface area contributed by atoms with E-state index in [0.29, 0.717) is 0 Å². The molecule has 1 aromatic heterocycles. The number of nitrogens with one attached hydrogen (secondary N) is 1. The molecule has 2 aromatic rings. The normalized spacial score (nSPS) is 15.9. The largest absolute Gasteiger partial charge is 0.497 e. The summed E-state index contributed by atoms with van der Waals surface area (Å²) in [6.07, 6.45) is 8.98. The summed E-state index contributed by atoms with van der Waals surface area (Å²) in [5.74, 6) is 1.76. The van der Waals surface area contributed by atoms with Gasteiger partial charge in [-0.1, -0.05) is 31.4 Å². The van der Waals surface area contributed by atoms with Gasteiger partial charge < -0.3 is 10.1 Å². The van der Waals surface area contributed by atoms with Crippen LogP contribution in [0.1, 0.15) is 37.1 Å². The summed E-state index contributed by atoms with van der Waals surface area (Å²) in [6, 6.07) is 8.16. The van der Waals surface area contributed by atoms with Crippen molar-refractivity contribution in [3.63, 3.8) is 0 Å². The van der Waals surface area contributed by atoms with Gasteiger partial charge in [0.05, 0.1) is 12.0 Å². The third kappa shape index (κ3) is 4.08. The van der Waals surface area contributed by atoms with Gasteiger partial charge in [0.1, 0.15) is 10.8 Å². The molecule has 1 fully saturated rings. The molecule has 118 valence electrons. The predicted molar refractivity (Wildman–Crippen MR) is 92.4 cm³/mol. The summed E-state index contributed by atoms with van der Waals surface area (Å²) in [5, 5.41) is 4.74. The molecule has 4 heteroatoms. The SMILES string of the molecule is COc1cccc(-c2cnc(CNCC3CCCCC3)s2)c1. The minimum atomic E-state index is 0.867. The third-order valence-corrected chi connectivity index (χ3v) is 5.39.